The first-order valence-electron chi connectivity index (χ1n) is 7.20. The largest absolute Gasteiger partial charge is 0.395 e. The Morgan fingerprint density at radius 1 is 1.35 bits per heavy atom. The molecule has 0 saturated carbocycles. The van der Waals surface area contributed by atoms with Crippen LogP contribution in [0.2, 0.25) is 0 Å². The number of rotatable bonds is 8. The number of non-ortho nitro benzene ring substituents is 1. The highest BCUT2D eigenvalue weighted by Gasteiger charge is 2.13. The summed E-state index contributed by atoms with van der Waals surface area (Å²) < 4.78 is 5.11. The van der Waals surface area contributed by atoms with Crippen LogP contribution in [0.4, 0.5) is 17.1 Å². The van der Waals surface area contributed by atoms with Gasteiger partial charge in [-0.05, 0) is 6.07 Å². The number of hydrogen-bond donors (Lipinski definition) is 3. The van der Waals surface area contributed by atoms with E-state index in [9.17, 15) is 10.1 Å². The van der Waals surface area contributed by atoms with Crippen LogP contribution in [0, 0.1) is 10.1 Å². The van der Waals surface area contributed by atoms with Crippen LogP contribution in [-0.4, -0.2) is 33.3 Å². The molecule has 2 aromatic rings. The van der Waals surface area contributed by atoms with Crippen molar-refractivity contribution >= 4 is 17.1 Å². The Kier molecular flexibility index (Phi) is 5.47. The lowest BCUT2D eigenvalue weighted by molar-refractivity contribution is -0.384. The van der Waals surface area contributed by atoms with Crippen LogP contribution in [0.15, 0.2) is 22.7 Å². The zero-order chi connectivity index (χ0) is 16.8. The molecule has 0 bridgehead atoms. The summed E-state index contributed by atoms with van der Waals surface area (Å²) in [6.07, 6.45) is 0. The number of hydrogen-bond acceptors (Lipinski definition) is 8. The highest BCUT2D eigenvalue weighted by atomic mass is 16.6. The van der Waals surface area contributed by atoms with Gasteiger partial charge in [-0.15, -0.1) is 0 Å². The molecule has 23 heavy (non-hydrogen) atoms. The average Bonchev–Trinajstić information content (AvgIpc) is 3.00. The third kappa shape index (κ3) is 4.39. The molecule has 9 nitrogen and oxygen atoms in total. The Morgan fingerprint density at radius 3 is 2.74 bits per heavy atom. The summed E-state index contributed by atoms with van der Waals surface area (Å²) in [5, 5.41) is 29.7. The number of aliphatic hydroxyl groups is 1. The highest BCUT2D eigenvalue weighted by Crippen LogP contribution is 2.27. The first-order valence-corrected chi connectivity index (χ1v) is 7.20. The summed E-state index contributed by atoms with van der Waals surface area (Å²) in [4.78, 5) is 14.7. The first kappa shape index (κ1) is 16.7. The van der Waals surface area contributed by atoms with Gasteiger partial charge in [0.25, 0.3) is 5.69 Å². The number of aliphatic hydroxyl groups excluding tert-OH is 1. The highest BCUT2D eigenvalue weighted by molar-refractivity contribution is 5.71. The van der Waals surface area contributed by atoms with Gasteiger partial charge in [-0.2, -0.15) is 4.98 Å². The van der Waals surface area contributed by atoms with Gasteiger partial charge in [-0.1, -0.05) is 19.0 Å². The van der Waals surface area contributed by atoms with Crippen LogP contribution in [0.5, 0.6) is 0 Å². The van der Waals surface area contributed by atoms with Crippen molar-refractivity contribution in [3.63, 3.8) is 0 Å². The molecule has 9 heteroatoms. The lowest BCUT2D eigenvalue weighted by Gasteiger charge is -2.12. The van der Waals surface area contributed by atoms with Crippen LogP contribution in [0.25, 0.3) is 0 Å². The van der Waals surface area contributed by atoms with Gasteiger partial charge in [0, 0.05) is 24.6 Å². The van der Waals surface area contributed by atoms with Gasteiger partial charge in [-0.25, -0.2) is 0 Å². The molecule has 0 radical (unpaired) electrons. The monoisotopic (exact) mass is 321 g/mol. The van der Waals surface area contributed by atoms with Crippen molar-refractivity contribution in [2.75, 3.05) is 23.8 Å². The van der Waals surface area contributed by atoms with Crippen LogP contribution in [0.1, 0.15) is 31.5 Å². The third-order valence-electron chi connectivity index (χ3n) is 3.06. The SMILES string of the molecule is CC(C)c1nc(CNc2cc([N+](=O)[O-])ccc2NCCO)no1. The lowest BCUT2D eigenvalue weighted by atomic mass is 10.2. The quantitative estimate of drug-likeness (QED) is 0.498. The molecule has 0 saturated heterocycles. The van der Waals surface area contributed by atoms with Crippen molar-refractivity contribution in [3.8, 4) is 0 Å². The van der Waals surface area contributed by atoms with E-state index in [-0.39, 0.29) is 24.8 Å². The minimum absolute atomic E-state index is 0.0296. The zero-order valence-corrected chi connectivity index (χ0v) is 12.9. The Morgan fingerprint density at radius 2 is 2.13 bits per heavy atom. The number of benzene rings is 1. The van der Waals surface area contributed by atoms with E-state index >= 15 is 0 Å². The zero-order valence-electron chi connectivity index (χ0n) is 12.9. The fourth-order valence-corrected chi connectivity index (χ4v) is 1.88. The molecule has 0 aliphatic heterocycles. The molecule has 0 fully saturated rings. The molecule has 3 N–H and O–H groups in total. The van der Waals surface area contributed by atoms with Gasteiger partial charge in [-0.3, -0.25) is 10.1 Å². The predicted octanol–water partition coefficient (Wildman–Crippen LogP) is 2.12. The van der Waals surface area contributed by atoms with Gasteiger partial charge >= 0.3 is 0 Å². The molecule has 0 spiro atoms. The fourth-order valence-electron chi connectivity index (χ4n) is 1.88. The van der Waals surface area contributed by atoms with Crippen LogP contribution in [0.3, 0.4) is 0 Å². The smallest absolute Gasteiger partial charge is 0.271 e. The Labute approximate surface area is 132 Å². The standard InChI is InChI=1S/C14H19N5O4/c1-9(2)14-17-13(18-23-14)8-16-12-7-10(19(21)22)3-4-11(12)15-5-6-20/h3-4,7,9,15-16,20H,5-6,8H2,1-2H3. The summed E-state index contributed by atoms with van der Waals surface area (Å²) in [6.45, 7) is 4.46. The molecule has 0 aliphatic carbocycles. The number of nitro benzene ring substituents is 1. The molecule has 2 rings (SSSR count). The normalized spacial score (nSPS) is 10.8. The molecule has 1 aromatic carbocycles. The molecule has 124 valence electrons. The van der Waals surface area contributed by atoms with Gasteiger partial charge < -0.3 is 20.3 Å². The Bertz CT molecular complexity index is 671. The topological polar surface area (TPSA) is 126 Å². The maximum atomic E-state index is 10.9. The van der Waals surface area contributed by atoms with Gasteiger partial charge in [0.15, 0.2) is 5.82 Å². The lowest BCUT2D eigenvalue weighted by Crippen LogP contribution is -2.09. The van der Waals surface area contributed by atoms with E-state index in [0.717, 1.165) is 0 Å². The summed E-state index contributed by atoms with van der Waals surface area (Å²) in [5.74, 6) is 1.14. The molecule has 0 atom stereocenters. The molecule has 0 aliphatic rings. The minimum Gasteiger partial charge on any atom is -0.395 e. The minimum atomic E-state index is -0.466. The number of nitrogens with one attached hydrogen (secondary N) is 2. The molecule has 1 aromatic heterocycles. The predicted molar refractivity (Wildman–Crippen MR) is 84.4 cm³/mol. The van der Waals surface area contributed by atoms with E-state index in [2.05, 4.69) is 20.8 Å². The second-order valence-electron chi connectivity index (χ2n) is 5.19. The fraction of sp³-hybridized carbons (Fsp3) is 0.429. The summed E-state index contributed by atoms with van der Waals surface area (Å²) in [6, 6.07) is 4.41. The van der Waals surface area contributed by atoms with Crippen LogP contribution < -0.4 is 10.6 Å². The van der Waals surface area contributed by atoms with E-state index < -0.39 is 4.92 Å². The van der Waals surface area contributed by atoms with Crippen molar-refractivity contribution in [3.05, 3.63) is 40.0 Å². The Balaban J connectivity index is 2.14. The molecular formula is C14H19N5O4. The third-order valence-corrected chi connectivity index (χ3v) is 3.06. The second kappa shape index (κ2) is 7.54. The molecule has 0 unspecified atom stereocenters. The second-order valence-corrected chi connectivity index (χ2v) is 5.19. The maximum Gasteiger partial charge on any atom is 0.271 e. The van der Waals surface area contributed by atoms with Crippen molar-refractivity contribution in [1.29, 1.82) is 0 Å². The van der Waals surface area contributed by atoms with Gasteiger partial charge in [0.2, 0.25) is 5.89 Å². The van der Waals surface area contributed by atoms with Crippen molar-refractivity contribution in [2.24, 2.45) is 0 Å². The summed E-state index contributed by atoms with van der Waals surface area (Å²) >= 11 is 0. The number of nitrogens with zero attached hydrogens (tertiary/aromatic N) is 3. The maximum absolute atomic E-state index is 10.9. The molecule has 1 heterocycles. The van der Waals surface area contributed by atoms with Crippen LogP contribution in [-0.2, 0) is 6.54 Å². The number of aromatic nitrogens is 2. The van der Waals surface area contributed by atoms with Crippen LogP contribution >= 0.6 is 0 Å². The Hall–Kier alpha value is -2.68. The van der Waals surface area contributed by atoms with Gasteiger partial charge in [0.1, 0.15) is 0 Å². The number of nitro groups is 1. The molecular weight excluding hydrogens is 302 g/mol. The first-order chi connectivity index (χ1) is 11.0. The van der Waals surface area contributed by atoms with Crippen molar-refractivity contribution in [1.82, 2.24) is 10.1 Å². The van der Waals surface area contributed by atoms with E-state index in [1.54, 1.807) is 6.07 Å². The summed E-state index contributed by atoms with van der Waals surface area (Å²) in [5.41, 5.74) is 1.15. The summed E-state index contributed by atoms with van der Waals surface area (Å²) in [7, 11) is 0. The van der Waals surface area contributed by atoms with E-state index in [1.807, 2.05) is 13.8 Å². The van der Waals surface area contributed by atoms with E-state index in [4.69, 9.17) is 9.63 Å². The van der Waals surface area contributed by atoms with Crippen molar-refractivity contribution < 1.29 is 14.6 Å². The molecule has 0 amide bonds. The van der Waals surface area contributed by atoms with E-state index in [1.165, 1.54) is 12.1 Å². The van der Waals surface area contributed by atoms with Crippen molar-refractivity contribution in [2.45, 2.75) is 26.3 Å². The number of anilines is 2. The van der Waals surface area contributed by atoms with Gasteiger partial charge in [0.05, 0.1) is 29.4 Å². The average molecular weight is 321 g/mol. The van der Waals surface area contributed by atoms with E-state index in [0.29, 0.717) is 29.6 Å².